The van der Waals surface area contributed by atoms with Crippen molar-refractivity contribution in [1.29, 1.82) is 0 Å². The minimum absolute atomic E-state index is 0.148. The van der Waals surface area contributed by atoms with Gasteiger partial charge in [0.1, 0.15) is 11.6 Å². The van der Waals surface area contributed by atoms with Gasteiger partial charge in [0.15, 0.2) is 5.96 Å². The van der Waals surface area contributed by atoms with E-state index in [9.17, 15) is 8.78 Å². The van der Waals surface area contributed by atoms with Crippen molar-refractivity contribution in [3.63, 3.8) is 0 Å². The van der Waals surface area contributed by atoms with E-state index in [1.807, 2.05) is 24.3 Å². The zero-order valence-corrected chi connectivity index (χ0v) is 15.4. The number of aliphatic imine (C=N–C) groups is 1. The number of rotatable bonds is 3. The minimum Gasteiger partial charge on any atom is -0.356 e. The first-order valence-electron chi connectivity index (χ1n) is 9.75. The molecule has 0 spiro atoms. The Kier molecular flexibility index (Phi) is 5.37. The molecule has 0 aromatic heterocycles. The van der Waals surface area contributed by atoms with Crippen molar-refractivity contribution in [2.24, 2.45) is 10.9 Å². The summed E-state index contributed by atoms with van der Waals surface area (Å²) in [6.07, 6.45) is 3.15. The largest absolute Gasteiger partial charge is 0.356 e. The molecule has 0 bridgehead atoms. The number of halogens is 2. The highest BCUT2D eigenvalue weighted by molar-refractivity contribution is 5.80. The van der Waals surface area contributed by atoms with E-state index in [1.165, 1.54) is 24.3 Å². The molecule has 0 amide bonds. The molecule has 2 aromatic carbocycles. The fourth-order valence-corrected chi connectivity index (χ4v) is 4.25. The molecule has 3 nitrogen and oxygen atoms in total. The lowest BCUT2D eigenvalue weighted by atomic mass is 9.76. The van der Waals surface area contributed by atoms with Crippen LogP contribution in [0.15, 0.2) is 53.5 Å². The van der Waals surface area contributed by atoms with Gasteiger partial charge in [0, 0.05) is 32.1 Å². The van der Waals surface area contributed by atoms with Gasteiger partial charge in [-0.1, -0.05) is 24.3 Å². The second-order valence-electron chi connectivity index (χ2n) is 7.39. The number of piperidine rings is 1. The van der Waals surface area contributed by atoms with Gasteiger partial charge in [-0.05, 0) is 60.6 Å². The first kappa shape index (κ1) is 18.0. The molecule has 0 atom stereocenters. The Morgan fingerprint density at radius 1 is 0.889 bits per heavy atom. The van der Waals surface area contributed by atoms with E-state index in [-0.39, 0.29) is 17.6 Å². The van der Waals surface area contributed by atoms with E-state index in [4.69, 9.17) is 0 Å². The van der Waals surface area contributed by atoms with Crippen LogP contribution >= 0.6 is 0 Å². The summed E-state index contributed by atoms with van der Waals surface area (Å²) >= 11 is 0. The van der Waals surface area contributed by atoms with Crippen LogP contribution in [0, 0.1) is 17.6 Å². The molecule has 2 aliphatic heterocycles. The van der Waals surface area contributed by atoms with Crippen LogP contribution in [0.1, 0.15) is 36.3 Å². The SMILES string of the molecule is Fc1ccc(C(c2ccc(F)cc2)C2CCN(C3=NCCCN3)CC2)cc1. The number of hydrogen-bond acceptors (Lipinski definition) is 3. The quantitative estimate of drug-likeness (QED) is 0.880. The van der Waals surface area contributed by atoms with Crippen molar-refractivity contribution < 1.29 is 8.78 Å². The number of hydrogen-bond donors (Lipinski definition) is 1. The molecule has 0 aliphatic carbocycles. The molecule has 27 heavy (non-hydrogen) atoms. The van der Waals surface area contributed by atoms with Crippen LogP contribution < -0.4 is 5.32 Å². The smallest absolute Gasteiger partial charge is 0.193 e. The molecule has 1 N–H and O–H groups in total. The van der Waals surface area contributed by atoms with E-state index in [2.05, 4.69) is 15.2 Å². The summed E-state index contributed by atoms with van der Waals surface area (Å²) in [5.41, 5.74) is 2.18. The fraction of sp³-hybridized carbons (Fsp3) is 0.409. The average Bonchev–Trinajstić information content (AvgIpc) is 2.72. The highest BCUT2D eigenvalue weighted by Crippen LogP contribution is 2.38. The second kappa shape index (κ2) is 8.07. The number of benzene rings is 2. The average molecular weight is 369 g/mol. The Labute approximate surface area is 159 Å². The summed E-state index contributed by atoms with van der Waals surface area (Å²) in [6.45, 7) is 3.80. The Balaban J connectivity index is 1.55. The topological polar surface area (TPSA) is 27.6 Å². The fourth-order valence-electron chi connectivity index (χ4n) is 4.25. The molecule has 1 saturated heterocycles. The predicted octanol–water partition coefficient (Wildman–Crippen LogP) is 4.16. The zero-order chi connectivity index (χ0) is 18.6. The van der Waals surface area contributed by atoms with Gasteiger partial charge in [-0.25, -0.2) is 8.78 Å². The van der Waals surface area contributed by atoms with Gasteiger partial charge in [-0.2, -0.15) is 0 Å². The summed E-state index contributed by atoms with van der Waals surface area (Å²) in [5, 5.41) is 3.40. The predicted molar refractivity (Wildman–Crippen MR) is 104 cm³/mol. The highest BCUT2D eigenvalue weighted by Gasteiger charge is 2.30. The van der Waals surface area contributed by atoms with Crippen LogP contribution in [-0.4, -0.2) is 37.0 Å². The van der Waals surface area contributed by atoms with Crippen LogP contribution in [0.2, 0.25) is 0 Å². The van der Waals surface area contributed by atoms with Crippen LogP contribution in [0.3, 0.4) is 0 Å². The molecule has 5 heteroatoms. The van der Waals surface area contributed by atoms with Crippen LogP contribution in [-0.2, 0) is 0 Å². The van der Waals surface area contributed by atoms with E-state index < -0.39 is 0 Å². The van der Waals surface area contributed by atoms with Gasteiger partial charge in [0.05, 0.1) is 0 Å². The van der Waals surface area contributed by atoms with Crippen molar-refractivity contribution >= 4 is 5.96 Å². The minimum atomic E-state index is -0.229. The lowest BCUT2D eigenvalue weighted by Crippen LogP contribution is -2.48. The molecule has 2 aromatic rings. The lowest BCUT2D eigenvalue weighted by Gasteiger charge is -2.38. The molecule has 142 valence electrons. The Morgan fingerprint density at radius 2 is 1.44 bits per heavy atom. The number of likely N-dealkylation sites (tertiary alicyclic amines) is 1. The van der Waals surface area contributed by atoms with Gasteiger partial charge in [-0.3, -0.25) is 4.99 Å². The van der Waals surface area contributed by atoms with Gasteiger partial charge in [0.2, 0.25) is 0 Å². The first-order valence-corrected chi connectivity index (χ1v) is 9.75. The third-order valence-electron chi connectivity index (χ3n) is 5.65. The van der Waals surface area contributed by atoms with Gasteiger partial charge >= 0.3 is 0 Å². The number of nitrogens with zero attached hydrogens (tertiary/aromatic N) is 2. The standard InChI is InChI=1S/C22H25F2N3/c23-19-6-2-16(3-7-19)21(17-4-8-20(24)9-5-17)18-10-14-27(15-11-18)22-25-12-1-13-26-22/h2-9,18,21H,1,10-15H2,(H,25,26). The third-order valence-corrected chi connectivity index (χ3v) is 5.65. The molecular formula is C22H25F2N3. The number of nitrogens with one attached hydrogen (secondary N) is 1. The molecule has 0 unspecified atom stereocenters. The maximum atomic E-state index is 13.4. The van der Waals surface area contributed by atoms with Crippen molar-refractivity contribution in [3.05, 3.63) is 71.3 Å². The van der Waals surface area contributed by atoms with Crippen molar-refractivity contribution in [2.45, 2.75) is 25.2 Å². The molecule has 1 fully saturated rings. The second-order valence-corrected chi connectivity index (χ2v) is 7.39. The molecule has 2 heterocycles. The summed E-state index contributed by atoms with van der Waals surface area (Å²) in [7, 11) is 0. The maximum absolute atomic E-state index is 13.4. The molecule has 0 saturated carbocycles. The monoisotopic (exact) mass is 369 g/mol. The van der Waals surface area contributed by atoms with E-state index >= 15 is 0 Å². The van der Waals surface area contributed by atoms with Crippen molar-refractivity contribution in [2.75, 3.05) is 26.2 Å². The highest BCUT2D eigenvalue weighted by atomic mass is 19.1. The van der Waals surface area contributed by atoms with E-state index in [1.54, 1.807) is 0 Å². The molecule has 4 rings (SSSR count). The Hall–Kier alpha value is -2.43. The lowest BCUT2D eigenvalue weighted by molar-refractivity contribution is 0.242. The van der Waals surface area contributed by atoms with Crippen LogP contribution in [0.5, 0.6) is 0 Å². The molecule has 0 radical (unpaired) electrons. The molecule has 2 aliphatic rings. The van der Waals surface area contributed by atoms with Crippen LogP contribution in [0.25, 0.3) is 0 Å². The Morgan fingerprint density at radius 3 is 1.93 bits per heavy atom. The first-order chi connectivity index (χ1) is 13.2. The van der Waals surface area contributed by atoms with Gasteiger partial charge in [0.25, 0.3) is 0 Å². The summed E-state index contributed by atoms with van der Waals surface area (Å²) in [4.78, 5) is 6.94. The zero-order valence-electron chi connectivity index (χ0n) is 15.4. The Bertz CT molecular complexity index is 733. The summed E-state index contributed by atoms with van der Waals surface area (Å²) in [5.74, 6) is 1.15. The van der Waals surface area contributed by atoms with Crippen molar-refractivity contribution in [1.82, 2.24) is 10.2 Å². The maximum Gasteiger partial charge on any atom is 0.193 e. The van der Waals surface area contributed by atoms with Gasteiger partial charge < -0.3 is 10.2 Å². The molecular weight excluding hydrogens is 344 g/mol. The normalized spacial score (nSPS) is 18.3. The van der Waals surface area contributed by atoms with E-state index in [0.717, 1.165) is 62.5 Å². The van der Waals surface area contributed by atoms with Crippen LogP contribution in [0.4, 0.5) is 8.78 Å². The third kappa shape index (κ3) is 4.12. The summed E-state index contributed by atoms with van der Waals surface area (Å²) < 4.78 is 26.9. The van der Waals surface area contributed by atoms with E-state index in [0.29, 0.717) is 5.92 Å². The number of guanidine groups is 1. The summed E-state index contributed by atoms with van der Waals surface area (Å²) in [6, 6.07) is 13.5. The van der Waals surface area contributed by atoms with Crippen molar-refractivity contribution in [3.8, 4) is 0 Å². The van der Waals surface area contributed by atoms with Gasteiger partial charge in [-0.15, -0.1) is 0 Å².